The van der Waals surface area contributed by atoms with Gasteiger partial charge >= 0.3 is 0 Å². The number of pyridine rings is 1. The number of carbonyl (C=O) groups is 1. The molecule has 1 aliphatic rings. The van der Waals surface area contributed by atoms with Crippen LogP contribution in [0, 0.1) is 11.6 Å². The molecule has 0 aliphatic carbocycles. The lowest BCUT2D eigenvalue weighted by molar-refractivity contribution is -0.129. The molecular formula is C32H27F2N7O3S. The molecule has 1 amide bonds. The molecule has 0 saturated heterocycles. The molecule has 13 heteroatoms. The number of thiophene rings is 1. The summed E-state index contributed by atoms with van der Waals surface area (Å²) in [6.07, 6.45) is 8.22. The number of hydrogen-bond donors (Lipinski definition) is 0. The zero-order chi connectivity index (χ0) is 31.2. The van der Waals surface area contributed by atoms with E-state index in [-0.39, 0.29) is 36.5 Å². The smallest absolute Gasteiger partial charge is 0.246 e. The van der Waals surface area contributed by atoms with E-state index < -0.39 is 11.6 Å². The van der Waals surface area contributed by atoms with Crippen LogP contribution in [0.15, 0.2) is 67.2 Å². The van der Waals surface area contributed by atoms with Crippen molar-refractivity contribution in [3.63, 3.8) is 0 Å². The quantitative estimate of drug-likeness (QED) is 0.152. The van der Waals surface area contributed by atoms with Gasteiger partial charge in [0, 0.05) is 59.4 Å². The maximum absolute atomic E-state index is 16.0. The normalized spacial score (nSPS) is 14.7. The molecule has 0 radical (unpaired) electrons. The number of amides is 1. The van der Waals surface area contributed by atoms with Gasteiger partial charge in [0.15, 0.2) is 5.65 Å². The second-order valence-corrected chi connectivity index (χ2v) is 11.5. The minimum absolute atomic E-state index is 0.0247. The lowest BCUT2D eigenvalue weighted by Gasteiger charge is -2.33. The number of benzene rings is 1. The number of rotatable bonds is 8. The van der Waals surface area contributed by atoms with Crippen molar-refractivity contribution in [2.45, 2.75) is 19.5 Å². The average Bonchev–Trinajstić information content (AvgIpc) is 3.80. The van der Waals surface area contributed by atoms with Crippen molar-refractivity contribution in [3.05, 3.63) is 84.5 Å². The van der Waals surface area contributed by atoms with E-state index in [0.29, 0.717) is 51.6 Å². The van der Waals surface area contributed by atoms with Crippen LogP contribution in [-0.2, 0) is 16.1 Å². The number of imidazole rings is 1. The maximum atomic E-state index is 16.0. The van der Waals surface area contributed by atoms with Crippen LogP contribution in [0.3, 0.4) is 0 Å². The van der Waals surface area contributed by atoms with Crippen LogP contribution in [0.1, 0.15) is 18.7 Å². The topological polar surface area (TPSA) is 99.7 Å². The third kappa shape index (κ3) is 4.93. The van der Waals surface area contributed by atoms with Gasteiger partial charge in [0.1, 0.15) is 41.7 Å². The minimum atomic E-state index is -0.797. The largest absolute Gasteiger partial charge is 0.490 e. The van der Waals surface area contributed by atoms with Crippen molar-refractivity contribution >= 4 is 33.0 Å². The Kier molecular flexibility index (Phi) is 7.34. The summed E-state index contributed by atoms with van der Waals surface area (Å²) < 4.78 is 45.9. The highest BCUT2D eigenvalue weighted by molar-refractivity contribution is 7.18. The lowest BCUT2D eigenvalue weighted by atomic mass is 9.96. The van der Waals surface area contributed by atoms with E-state index >= 15 is 4.39 Å². The van der Waals surface area contributed by atoms with Crippen molar-refractivity contribution in [1.29, 1.82) is 0 Å². The maximum Gasteiger partial charge on any atom is 0.246 e. The summed E-state index contributed by atoms with van der Waals surface area (Å²) in [7, 11) is 1.52. The summed E-state index contributed by atoms with van der Waals surface area (Å²) in [4.78, 5) is 28.1. The molecule has 5 aromatic heterocycles. The van der Waals surface area contributed by atoms with Crippen LogP contribution in [0.2, 0.25) is 0 Å². The Morgan fingerprint density at radius 3 is 2.84 bits per heavy atom. The van der Waals surface area contributed by atoms with Gasteiger partial charge in [-0.3, -0.25) is 13.9 Å². The van der Waals surface area contributed by atoms with E-state index in [9.17, 15) is 9.18 Å². The zero-order valence-corrected chi connectivity index (χ0v) is 25.2. The van der Waals surface area contributed by atoms with Crippen LogP contribution in [0.25, 0.3) is 49.5 Å². The Hall–Kier alpha value is -5.01. The number of halogens is 2. The molecule has 7 rings (SSSR count). The fourth-order valence-corrected chi connectivity index (χ4v) is 6.73. The van der Waals surface area contributed by atoms with Crippen molar-refractivity contribution in [2.75, 3.05) is 26.9 Å². The second kappa shape index (κ2) is 11.5. The number of fused-ring (bicyclic) bond motifs is 3. The third-order valence-corrected chi connectivity index (χ3v) is 8.85. The van der Waals surface area contributed by atoms with Gasteiger partial charge in [0.25, 0.3) is 0 Å². The summed E-state index contributed by atoms with van der Waals surface area (Å²) in [5.74, 6) is -1.72. The van der Waals surface area contributed by atoms with Crippen LogP contribution in [0.4, 0.5) is 8.78 Å². The summed E-state index contributed by atoms with van der Waals surface area (Å²) in [6.45, 7) is 6.79. The van der Waals surface area contributed by atoms with Gasteiger partial charge in [-0.05, 0) is 30.5 Å². The Morgan fingerprint density at radius 2 is 2.02 bits per heavy atom. The van der Waals surface area contributed by atoms with E-state index in [0.717, 1.165) is 17.1 Å². The molecule has 1 atom stereocenters. The first-order valence-corrected chi connectivity index (χ1v) is 15.1. The molecule has 10 nitrogen and oxygen atoms in total. The first-order chi connectivity index (χ1) is 21.9. The minimum Gasteiger partial charge on any atom is -0.490 e. The van der Waals surface area contributed by atoms with E-state index in [4.69, 9.17) is 19.6 Å². The van der Waals surface area contributed by atoms with E-state index in [1.165, 1.54) is 30.6 Å². The predicted molar refractivity (Wildman–Crippen MR) is 166 cm³/mol. The number of methoxy groups -OCH3 is 1. The SMILES string of the molecule is C=CC(=O)N1CCn2nc(-c3nc(-c4cnc5cncn5c4)c4ccsc4c3-c3c(F)cc(F)cc3OCCOC)cc2[C@H]1C. The monoisotopic (exact) mass is 627 g/mol. The van der Waals surface area contributed by atoms with Gasteiger partial charge in [-0.25, -0.2) is 23.7 Å². The third-order valence-electron chi connectivity index (χ3n) is 7.91. The van der Waals surface area contributed by atoms with Gasteiger partial charge in [-0.2, -0.15) is 5.10 Å². The Labute approximate surface area is 260 Å². The molecule has 0 saturated carbocycles. The number of carbonyl (C=O) groups excluding carboxylic acids is 1. The molecule has 0 bridgehead atoms. The van der Waals surface area contributed by atoms with Crippen LogP contribution in [-0.4, -0.2) is 66.8 Å². The van der Waals surface area contributed by atoms with Crippen LogP contribution >= 0.6 is 11.3 Å². The van der Waals surface area contributed by atoms with Gasteiger partial charge in [-0.15, -0.1) is 11.3 Å². The van der Waals surface area contributed by atoms with Gasteiger partial charge in [0.05, 0.1) is 42.3 Å². The first-order valence-electron chi connectivity index (χ1n) is 14.2. The number of hydrogen-bond acceptors (Lipinski definition) is 8. The highest BCUT2D eigenvalue weighted by atomic mass is 32.1. The molecule has 1 aliphatic heterocycles. The molecule has 6 aromatic rings. The highest BCUT2D eigenvalue weighted by Gasteiger charge is 2.31. The van der Waals surface area contributed by atoms with E-state index in [1.807, 2.05) is 35.3 Å². The summed E-state index contributed by atoms with van der Waals surface area (Å²) >= 11 is 1.41. The molecule has 0 spiro atoms. The Bertz CT molecular complexity index is 2100. The van der Waals surface area contributed by atoms with Gasteiger partial charge < -0.3 is 14.4 Å². The molecule has 0 fully saturated rings. The van der Waals surface area contributed by atoms with Gasteiger partial charge in [-0.1, -0.05) is 6.58 Å². The first kappa shape index (κ1) is 28.7. The molecule has 0 unspecified atom stereocenters. The summed E-state index contributed by atoms with van der Waals surface area (Å²) in [6, 6.07) is 5.50. The number of ether oxygens (including phenoxy) is 2. The summed E-state index contributed by atoms with van der Waals surface area (Å²) in [5.41, 5.74) is 4.14. The molecule has 1 aromatic carbocycles. The predicted octanol–water partition coefficient (Wildman–Crippen LogP) is 5.93. The van der Waals surface area contributed by atoms with Crippen LogP contribution < -0.4 is 4.74 Å². The van der Waals surface area contributed by atoms with Crippen molar-refractivity contribution < 1.29 is 23.0 Å². The summed E-state index contributed by atoms with van der Waals surface area (Å²) in [5, 5.41) is 7.56. The highest BCUT2D eigenvalue weighted by Crippen LogP contribution is 2.47. The molecule has 228 valence electrons. The zero-order valence-electron chi connectivity index (χ0n) is 24.4. The van der Waals surface area contributed by atoms with E-state index in [1.54, 1.807) is 28.0 Å². The Morgan fingerprint density at radius 1 is 1.16 bits per heavy atom. The standard InChI is InChI=1S/C32H27F2N7O3S/c1-4-27(42)40-6-7-41-24(18(40)2)13-23(38-41)31-29(28-22(34)11-20(33)12-25(28)44-9-8-43-3)32-21(5-10-45-32)30(37-31)19-14-36-26-15-35-17-39(26)16-19/h4-5,10-18H,1,6-9H2,2-3H3/t18-/m1/s1. The fourth-order valence-electron chi connectivity index (χ4n) is 5.78. The molecular weight excluding hydrogens is 600 g/mol. The van der Waals surface area contributed by atoms with Crippen molar-refractivity contribution in [2.24, 2.45) is 0 Å². The number of aromatic nitrogens is 6. The molecule has 45 heavy (non-hydrogen) atoms. The average molecular weight is 628 g/mol. The van der Waals surface area contributed by atoms with E-state index in [2.05, 4.69) is 16.5 Å². The molecule has 0 N–H and O–H groups in total. The lowest BCUT2D eigenvalue weighted by Crippen LogP contribution is -2.40. The second-order valence-electron chi connectivity index (χ2n) is 10.5. The Balaban J connectivity index is 1.50. The van der Waals surface area contributed by atoms with Crippen molar-refractivity contribution in [1.82, 2.24) is 34.0 Å². The van der Waals surface area contributed by atoms with Gasteiger partial charge in [0.2, 0.25) is 5.91 Å². The van der Waals surface area contributed by atoms with Crippen molar-refractivity contribution in [3.8, 4) is 39.5 Å². The molecule has 6 heterocycles. The number of nitrogens with zero attached hydrogens (tertiary/aromatic N) is 7. The fraction of sp³-hybridized carbons (Fsp3) is 0.219. The van der Waals surface area contributed by atoms with Crippen LogP contribution in [0.5, 0.6) is 5.75 Å².